The van der Waals surface area contributed by atoms with Crippen molar-refractivity contribution in [2.45, 2.75) is 58.3 Å². The van der Waals surface area contributed by atoms with Gasteiger partial charge in [-0.05, 0) is 58.3 Å². The molecule has 0 radical (unpaired) electrons. The summed E-state index contributed by atoms with van der Waals surface area (Å²) in [6.07, 6.45) is 12.3. The van der Waals surface area contributed by atoms with Gasteiger partial charge in [0.25, 0.3) is 0 Å². The fourth-order valence-electron chi connectivity index (χ4n) is 2.54. The van der Waals surface area contributed by atoms with Crippen LogP contribution in [0, 0.1) is 0 Å². The second-order valence-corrected chi connectivity index (χ2v) is 5.60. The second kappa shape index (κ2) is 15.6. The second-order valence-electron chi connectivity index (χ2n) is 5.60. The lowest BCUT2D eigenvalue weighted by molar-refractivity contribution is 0.192. The minimum absolute atomic E-state index is 0. The highest BCUT2D eigenvalue weighted by Gasteiger charge is 2.03. The molecule has 0 amide bonds. The van der Waals surface area contributed by atoms with E-state index in [4.69, 9.17) is 4.74 Å². The van der Waals surface area contributed by atoms with Gasteiger partial charge in [0.2, 0.25) is 0 Å². The van der Waals surface area contributed by atoms with Gasteiger partial charge in [-0.3, -0.25) is 4.99 Å². The SMILES string of the molecule is CCNC(=NCCCCCOC)NCCC1=CCCCC1.I. The maximum atomic E-state index is 5.05. The smallest absolute Gasteiger partial charge is 0.191 e. The molecule has 0 bridgehead atoms. The third-order valence-corrected chi connectivity index (χ3v) is 3.74. The van der Waals surface area contributed by atoms with Crippen molar-refractivity contribution in [1.29, 1.82) is 0 Å². The largest absolute Gasteiger partial charge is 0.385 e. The summed E-state index contributed by atoms with van der Waals surface area (Å²) < 4.78 is 5.05. The highest BCUT2D eigenvalue weighted by Crippen LogP contribution is 2.19. The van der Waals surface area contributed by atoms with Crippen LogP contribution >= 0.6 is 24.0 Å². The molecule has 1 aliphatic carbocycles. The van der Waals surface area contributed by atoms with E-state index in [1.54, 1.807) is 12.7 Å². The van der Waals surface area contributed by atoms with Crippen LogP contribution in [0.2, 0.25) is 0 Å². The quantitative estimate of drug-likeness (QED) is 0.184. The number of halogens is 1. The van der Waals surface area contributed by atoms with Gasteiger partial charge < -0.3 is 15.4 Å². The first-order valence-corrected chi connectivity index (χ1v) is 8.56. The van der Waals surface area contributed by atoms with Gasteiger partial charge in [0.15, 0.2) is 5.96 Å². The van der Waals surface area contributed by atoms with E-state index in [0.29, 0.717) is 0 Å². The summed E-state index contributed by atoms with van der Waals surface area (Å²) in [7, 11) is 1.76. The lowest BCUT2D eigenvalue weighted by atomic mass is 9.97. The third-order valence-electron chi connectivity index (χ3n) is 3.74. The van der Waals surface area contributed by atoms with E-state index in [0.717, 1.165) is 51.5 Å². The molecule has 2 N–H and O–H groups in total. The molecule has 5 heteroatoms. The zero-order valence-electron chi connectivity index (χ0n) is 14.3. The van der Waals surface area contributed by atoms with Crippen LogP contribution in [0.5, 0.6) is 0 Å². The number of methoxy groups -OCH3 is 1. The Morgan fingerprint density at radius 1 is 1.23 bits per heavy atom. The highest BCUT2D eigenvalue weighted by molar-refractivity contribution is 14.0. The molecule has 0 unspecified atom stereocenters. The van der Waals surface area contributed by atoms with Crippen molar-refractivity contribution in [2.24, 2.45) is 4.99 Å². The third kappa shape index (κ3) is 11.3. The first-order chi connectivity index (χ1) is 10.4. The van der Waals surface area contributed by atoms with Crippen LogP contribution in [0.15, 0.2) is 16.6 Å². The molecule has 1 aliphatic rings. The van der Waals surface area contributed by atoms with Gasteiger partial charge in [0, 0.05) is 33.4 Å². The van der Waals surface area contributed by atoms with E-state index in [1.807, 2.05) is 0 Å². The summed E-state index contributed by atoms with van der Waals surface area (Å²) in [5.74, 6) is 0.959. The van der Waals surface area contributed by atoms with E-state index in [9.17, 15) is 0 Å². The number of allylic oxidation sites excluding steroid dienone is 1. The van der Waals surface area contributed by atoms with Crippen LogP contribution in [-0.2, 0) is 4.74 Å². The first kappa shape index (κ1) is 21.7. The fraction of sp³-hybridized carbons (Fsp3) is 0.824. The average Bonchev–Trinajstić information content (AvgIpc) is 2.51. The Bertz CT molecular complexity index is 319. The van der Waals surface area contributed by atoms with Crippen molar-refractivity contribution in [3.63, 3.8) is 0 Å². The van der Waals surface area contributed by atoms with Crippen LogP contribution in [0.1, 0.15) is 58.3 Å². The lowest BCUT2D eigenvalue weighted by Gasteiger charge is -2.15. The monoisotopic (exact) mass is 423 g/mol. The predicted octanol–water partition coefficient (Wildman–Crippen LogP) is 3.87. The van der Waals surface area contributed by atoms with Crippen LogP contribution in [0.25, 0.3) is 0 Å². The minimum atomic E-state index is 0. The summed E-state index contributed by atoms with van der Waals surface area (Å²) >= 11 is 0. The summed E-state index contributed by atoms with van der Waals surface area (Å²) in [6, 6.07) is 0. The number of nitrogens with one attached hydrogen (secondary N) is 2. The highest BCUT2D eigenvalue weighted by atomic mass is 127. The number of hydrogen-bond donors (Lipinski definition) is 2. The Hall–Kier alpha value is -0.300. The molecule has 0 fully saturated rings. The molecule has 1 rings (SSSR count). The molecule has 0 aromatic carbocycles. The van der Waals surface area contributed by atoms with Gasteiger partial charge in [0.05, 0.1) is 0 Å². The van der Waals surface area contributed by atoms with Gasteiger partial charge in [-0.1, -0.05) is 11.6 Å². The number of nitrogens with zero attached hydrogens (tertiary/aromatic N) is 1. The number of rotatable bonds is 10. The van der Waals surface area contributed by atoms with E-state index in [2.05, 4.69) is 28.6 Å². The fourth-order valence-corrected chi connectivity index (χ4v) is 2.54. The normalized spacial score (nSPS) is 15.0. The van der Waals surface area contributed by atoms with Crippen LogP contribution in [0.4, 0.5) is 0 Å². The van der Waals surface area contributed by atoms with Crippen LogP contribution in [0.3, 0.4) is 0 Å². The Morgan fingerprint density at radius 2 is 2.09 bits per heavy atom. The Morgan fingerprint density at radius 3 is 2.77 bits per heavy atom. The Balaban J connectivity index is 0.00000441. The number of guanidine groups is 1. The number of ether oxygens (including phenoxy) is 1. The molecule has 0 aliphatic heterocycles. The van der Waals surface area contributed by atoms with Crippen molar-refractivity contribution in [3.8, 4) is 0 Å². The van der Waals surface area contributed by atoms with Crippen molar-refractivity contribution >= 4 is 29.9 Å². The average molecular weight is 423 g/mol. The molecule has 0 atom stereocenters. The number of hydrogen-bond acceptors (Lipinski definition) is 2. The molecular weight excluding hydrogens is 389 g/mol. The Kier molecular flexibility index (Phi) is 15.4. The molecule has 22 heavy (non-hydrogen) atoms. The molecule has 0 spiro atoms. The maximum absolute atomic E-state index is 5.05. The minimum Gasteiger partial charge on any atom is -0.385 e. The number of aliphatic imine (C=N–C) groups is 1. The van der Waals surface area contributed by atoms with Gasteiger partial charge >= 0.3 is 0 Å². The van der Waals surface area contributed by atoms with Gasteiger partial charge in [-0.2, -0.15) is 0 Å². The number of unbranched alkanes of at least 4 members (excludes halogenated alkanes) is 2. The predicted molar refractivity (Wildman–Crippen MR) is 106 cm³/mol. The molecule has 0 heterocycles. The Labute approximate surface area is 153 Å². The molecule has 0 saturated carbocycles. The zero-order chi connectivity index (χ0) is 15.2. The van der Waals surface area contributed by atoms with Crippen molar-refractivity contribution in [1.82, 2.24) is 10.6 Å². The summed E-state index contributed by atoms with van der Waals surface area (Å²) in [6.45, 7) is 5.76. The molecule has 0 aromatic heterocycles. The van der Waals surface area contributed by atoms with Crippen molar-refractivity contribution < 1.29 is 4.74 Å². The molecule has 0 saturated heterocycles. The van der Waals surface area contributed by atoms with E-state index < -0.39 is 0 Å². The van der Waals surface area contributed by atoms with E-state index in [1.165, 1.54) is 32.1 Å². The summed E-state index contributed by atoms with van der Waals surface area (Å²) in [5.41, 5.74) is 1.61. The summed E-state index contributed by atoms with van der Waals surface area (Å²) in [4.78, 5) is 4.63. The topological polar surface area (TPSA) is 45.7 Å². The van der Waals surface area contributed by atoms with Crippen LogP contribution < -0.4 is 10.6 Å². The standard InChI is InChI=1S/C17H33N3O.HI/c1-3-18-17(19-13-8-5-9-15-21-2)20-14-12-16-10-6-4-7-11-16;/h10H,3-9,11-15H2,1-2H3,(H2,18,19,20);1H. The molecule has 4 nitrogen and oxygen atoms in total. The molecule has 0 aromatic rings. The maximum Gasteiger partial charge on any atom is 0.191 e. The van der Waals surface area contributed by atoms with Gasteiger partial charge in [-0.15, -0.1) is 24.0 Å². The molecule has 130 valence electrons. The summed E-state index contributed by atoms with van der Waals surface area (Å²) in [5, 5.41) is 6.76. The lowest BCUT2D eigenvalue weighted by Crippen LogP contribution is -2.38. The van der Waals surface area contributed by atoms with Crippen molar-refractivity contribution in [3.05, 3.63) is 11.6 Å². The zero-order valence-corrected chi connectivity index (χ0v) is 16.7. The molecular formula is C17H34IN3O. The first-order valence-electron chi connectivity index (χ1n) is 8.56. The van der Waals surface area contributed by atoms with Crippen LogP contribution in [-0.4, -0.2) is 39.3 Å². The van der Waals surface area contributed by atoms with Gasteiger partial charge in [-0.25, -0.2) is 0 Å². The van der Waals surface area contributed by atoms with Gasteiger partial charge in [0.1, 0.15) is 0 Å². The van der Waals surface area contributed by atoms with E-state index >= 15 is 0 Å². The van der Waals surface area contributed by atoms with E-state index in [-0.39, 0.29) is 24.0 Å². The van der Waals surface area contributed by atoms with Crippen molar-refractivity contribution in [2.75, 3.05) is 33.4 Å².